The molecule has 1 heterocycles. The molecule has 0 aliphatic heterocycles. The molecule has 0 radical (unpaired) electrons. The third-order valence-electron chi connectivity index (χ3n) is 4.15. The highest BCUT2D eigenvalue weighted by Gasteiger charge is 2.14. The molecule has 0 saturated heterocycles. The highest BCUT2D eigenvalue weighted by atomic mass is 32.2. The molecule has 3 aromatic rings. The van der Waals surface area contributed by atoms with Crippen LogP contribution in [0.2, 0.25) is 0 Å². The van der Waals surface area contributed by atoms with Crippen molar-refractivity contribution in [2.24, 2.45) is 0 Å². The van der Waals surface area contributed by atoms with Gasteiger partial charge >= 0.3 is 0 Å². The molecule has 1 aromatic heterocycles. The van der Waals surface area contributed by atoms with Crippen LogP contribution in [-0.2, 0) is 11.3 Å². The van der Waals surface area contributed by atoms with Gasteiger partial charge in [-0.05, 0) is 59.5 Å². The van der Waals surface area contributed by atoms with Gasteiger partial charge in [0.1, 0.15) is 5.82 Å². The lowest BCUT2D eigenvalue weighted by Crippen LogP contribution is -2.24. The van der Waals surface area contributed by atoms with Crippen molar-refractivity contribution in [3.63, 3.8) is 0 Å². The molecular weight excluding hydrogens is 365 g/mol. The number of carbonyl (C=O) groups is 1. The predicted molar refractivity (Wildman–Crippen MR) is 102 cm³/mol. The van der Waals surface area contributed by atoms with E-state index in [-0.39, 0.29) is 24.0 Å². The van der Waals surface area contributed by atoms with Crippen molar-refractivity contribution in [2.75, 3.05) is 5.75 Å². The summed E-state index contributed by atoms with van der Waals surface area (Å²) in [6.07, 6.45) is 0. The number of hydrogen-bond acceptors (Lipinski definition) is 5. The smallest absolute Gasteiger partial charge is 0.230 e. The molecule has 0 spiro atoms. The minimum atomic E-state index is -0.274. The van der Waals surface area contributed by atoms with Crippen LogP contribution in [0.3, 0.4) is 0 Å². The molecule has 0 aliphatic rings. The van der Waals surface area contributed by atoms with Gasteiger partial charge in [-0.1, -0.05) is 42.1 Å². The molecule has 140 valence electrons. The fourth-order valence-electron chi connectivity index (χ4n) is 2.68. The van der Waals surface area contributed by atoms with Crippen molar-refractivity contribution in [3.8, 4) is 5.69 Å². The second-order valence-corrected chi connectivity index (χ2v) is 7.21. The molecule has 0 saturated carbocycles. The highest BCUT2D eigenvalue weighted by molar-refractivity contribution is 7.99. The number of aryl methyl sites for hydroxylation is 3. The lowest BCUT2D eigenvalue weighted by Gasteiger charge is -2.10. The topological polar surface area (TPSA) is 72.7 Å². The number of amides is 1. The van der Waals surface area contributed by atoms with E-state index in [1.807, 2.05) is 32.0 Å². The average molecular weight is 385 g/mol. The van der Waals surface area contributed by atoms with Gasteiger partial charge in [0.25, 0.3) is 0 Å². The first-order valence-corrected chi connectivity index (χ1v) is 9.44. The Balaban J connectivity index is 1.62. The van der Waals surface area contributed by atoms with E-state index in [1.165, 1.54) is 17.8 Å². The highest BCUT2D eigenvalue weighted by Crippen LogP contribution is 2.23. The van der Waals surface area contributed by atoms with Crippen LogP contribution in [-0.4, -0.2) is 31.9 Å². The fourth-order valence-corrected chi connectivity index (χ4v) is 3.38. The van der Waals surface area contributed by atoms with Gasteiger partial charge < -0.3 is 5.32 Å². The summed E-state index contributed by atoms with van der Waals surface area (Å²) in [6, 6.07) is 10.9. The molecule has 0 bridgehead atoms. The predicted octanol–water partition coefficient (Wildman–Crippen LogP) is 3.14. The lowest BCUT2D eigenvalue weighted by molar-refractivity contribution is -0.118. The Bertz CT molecular complexity index is 952. The fraction of sp³-hybridized carbons (Fsp3) is 0.263. The number of tetrazole rings is 1. The van der Waals surface area contributed by atoms with Crippen LogP contribution in [0.25, 0.3) is 5.69 Å². The molecule has 0 aliphatic carbocycles. The number of nitrogens with zero attached hydrogens (tertiary/aromatic N) is 4. The maximum atomic E-state index is 13.6. The molecule has 6 nitrogen and oxygen atoms in total. The number of para-hydroxylation sites is 1. The van der Waals surface area contributed by atoms with Crippen LogP contribution < -0.4 is 5.32 Å². The summed E-state index contributed by atoms with van der Waals surface area (Å²) in [5.41, 5.74) is 4.32. The van der Waals surface area contributed by atoms with E-state index in [2.05, 4.69) is 20.8 Å². The Morgan fingerprint density at radius 3 is 2.59 bits per heavy atom. The van der Waals surface area contributed by atoms with Crippen LogP contribution in [0.4, 0.5) is 4.39 Å². The Hall–Kier alpha value is -2.74. The van der Waals surface area contributed by atoms with E-state index in [0.29, 0.717) is 10.7 Å². The van der Waals surface area contributed by atoms with Crippen LogP contribution in [0.15, 0.2) is 41.6 Å². The maximum absolute atomic E-state index is 13.6. The Labute approximate surface area is 161 Å². The van der Waals surface area contributed by atoms with E-state index < -0.39 is 0 Å². The van der Waals surface area contributed by atoms with Gasteiger partial charge in [-0.2, -0.15) is 4.68 Å². The molecule has 27 heavy (non-hydrogen) atoms. The largest absolute Gasteiger partial charge is 0.351 e. The summed E-state index contributed by atoms with van der Waals surface area (Å²) in [7, 11) is 0. The zero-order valence-corrected chi connectivity index (χ0v) is 16.2. The number of carbonyl (C=O) groups excluding carboxylic acids is 1. The first-order chi connectivity index (χ1) is 13.0. The van der Waals surface area contributed by atoms with Gasteiger partial charge in [0.2, 0.25) is 11.1 Å². The Kier molecular flexibility index (Phi) is 5.85. The number of benzene rings is 2. The normalized spacial score (nSPS) is 10.8. The van der Waals surface area contributed by atoms with E-state index in [0.717, 1.165) is 22.4 Å². The van der Waals surface area contributed by atoms with E-state index in [1.54, 1.807) is 23.7 Å². The van der Waals surface area contributed by atoms with Gasteiger partial charge in [-0.3, -0.25) is 4.79 Å². The monoisotopic (exact) mass is 385 g/mol. The zero-order valence-electron chi connectivity index (χ0n) is 15.4. The number of thioether (sulfide) groups is 1. The third-order valence-corrected chi connectivity index (χ3v) is 5.07. The van der Waals surface area contributed by atoms with E-state index in [4.69, 9.17) is 0 Å². The Morgan fingerprint density at radius 2 is 1.89 bits per heavy atom. The van der Waals surface area contributed by atoms with Gasteiger partial charge in [0.15, 0.2) is 0 Å². The van der Waals surface area contributed by atoms with Gasteiger partial charge in [0.05, 0.1) is 11.4 Å². The molecule has 0 fully saturated rings. The van der Waals surface area contributed by atoms with Crippen LogP contribution in [0.1, 0.15) is 22.3 Å². The summed E-state index contributed by atoms with van der Waals surface area (Å²) in [6.45, 7) is 5.96. The molecule has 3 rings (SSSR count). The first kappa shape index (κ1) is 19.0. The third kappa shape index (κ3) is 4.51. The molecule has 1 amide bonds. The van der Waals surface area contributed by atoms with E-state index in [9.17, 15) is 9.18 Å². The summed E-state index contributed by atoms with van der Waals surface area (Å²) < 4.78 is 15.2. The number of aromatic nitrogens is 4. The van der Waals surface area contributed by atoms with Crippen molar-refractivity contribution in [2.45, 2.75) is 32.5 Å². The summed E-state index contributed by atoms with van der Waals surface area (Å²) in [4.78, 5) is 12.1. The molecular formula is C19H20FN5OS. The minimum Gasteiger partial charge on any atom is -0.351 e. The first-order valence-electron chi connectivity index (χ1n) is 8.45. The van der Waals surface area contributed by atoms with Crippen molar-refractivity contribution in [3.05, 3.63) is 64.5 Å². The second kappa shape index (κ2) is 8.30. The Morgan fingerprint density at radius 1 is 1.15 bits per heavy atom. The SMILES string of the molecule is Cc1ccc(CNC(=O)CSc2nnnn2-c2c(C)cccc2C)cc1F. The molecule has 8 heteroatoms. The second-order valence-electron chi connectivity index (χ2n) is 6.26. The van der Waals surface area contributed by atoms with Crippen LogP contribution >= 0.6 is 11.8 Å². The van der Waals surface area contributed by atoms with Crippen molar-refractivity contribution in [1.29, 1.82) is 0 Å². The van der Waals surface area contributed by atoms with Gasteiger partial charge in [-0.15, -0.1) is 5.10 Å². The number of nitrogens with one attached hydrogen (secondary N) is 1. The number of rotatable bonds is 6. The molecule has 0 atom stereocenters. The standard InChI is InChI=1S/C19H20FN5OS/c1-12-7-8-15(9-16(12)20)10-21-17(26)11-27-19-22-23-24-25(19)18-13(2)5-4-6-14(18)3/h4-9H,10-11H2,1-3H3,(H,21,26). The van der Waals surface area contributed by atoms with Crippen molar-refractivity contribution < 1.29 is 9.18 Å². The molecule has 0 unspecified atom stereocenters. The summed E-state index contributed by atoms with van der Waals surface area (Å²) in [5.74, 6) is -0.277. The van der Waals surface area contributed by atoms with Crippen molar-refractivity contribution in [1.82, 2.24) is 25.5 Å². The summed E-state index contributed by atoms with van der Waals surface area (Å²) in [5, 5.41) is 15.2. The molecule has 2 aromatic carbocycles. The zero-order chi connectivity index (χ0) is 19.4. The molecule has 1 N–H and O–H groups in total. The quantitative estimate of drug-likeness (QED) is 0.660. The maximum Gasteiger partial charge on any atom is 0.230 e. The van der Waals surface area contributed by atoms with Crippen LogP contribution in [0.5, 0.6) is 0 Å². The van der Waals surface area contributed by atoms with Gasteiger partial charge in [0, 0.05) is 6.54 Å². The number of halogens is 1. The average Bonchev–Trinajstić information content (AvgIpc) is 3.09. The lowest BCUT2D eigenvalue weighted by atomic mass is 10.1. The van der Waals surface area contributed by atoms with Crippen molar-refractivity contribution >= 4 is 17.7 Å². The summed E-state index contributed by atoms with van der Waals surface area (Å²) >= 11 is 1.26. The number of hydrogen-bond donors (Lipinski definition) is 1. The van der Waals surface area contributed by atoms with E-state index >= 15 is 0 Å². The van der Waals surface area contributed by atoms with Crippen LogP contribution in [0, 0.1) is 26.6 Å². The minimum absolute atomic E-state index is 0.166. The van der Waals surface area contributed by atoms with Gasteiger partial charge in [-0.25, -0.2) is 4.39 Å².